The highest BCUT2D eigenvalue weighted by molar-refractivity contribution is 14.1. The van der Waals surface area contributed by atoms with Gasteiger partial charge in [-0.15, -0.1) is 0 Å². The standard InChI is InChI=1S/C9H15IN2O/c1-6-7(10)8(13-5)12(11-6)9(2,3)4/h1-5H3. The SMILES string of the molecule is COc1c(I)c(C)nn1C(C)(C)C. The largest absolute Gasteiger partial charge is 0.480 e. The lowest BCUT2D eigenvalue weighted by atomic mass is 10.1. The van der Waals surface area contributed by atoms with E-state index in [9.17, 15) is 0 Å². The Kier molecular flexibility index (Phi) is 2.89. The molecule has 1 aromatic rings. The Hall–Kier alpha value is -0.260. The second-order valence-corrected chi connectivity index (χ2v) is 5.07. The van der Waals surface area contributed by atoms with E-state index in [0.29, 0.717) is 0 Å². The van der Waals surface area contributed by atoms with E-state index < -0.39 is 0 Å². The number of rotatable bonds is 1. The summed E-state index contributed by atoms with van der Waals surface area (Å²) in [5.74, 6) is 0.852. The maximum absolute atomic E-state index is 5.32. The lowest BCUT2D eigenvalue weighted by Gasteiger charge is -2.21. The molecule has 3 nitrogen and oxygen atoms in total. The number of nitrogens with zero attached hydrogens (tertiary/aromatic N) is 2. The molecule has 0 N–H and O–H groups in total. The van der Waals surface area contributed by atoms with Crippen molar-refractivity contribution in [3.63, 3.8) is 0 Å². The van der Waals surface area contributed by atoms with Crippen LogP contribution in [-0.4, -0.2) is 16.9 Å². The van der Waals surface area contributed by atoms with Gasteiger partial charge in [0.25, 0.3) is 0 Å². The van der Waals surface area contributed by atoms with Crippen LogP contribution in [0.3, 0.4) is 0 Å². The Morgan fingerprint density at radius 2 is 1.92 bits per heavy atom. The van der Waals surface area contributed by atoms with Crippen LogP contribution in [0, 0.1) is 10.5 Å². The van der Waals surface area contributed by atoms with E-state index >= 15 is 0 Å². The van der Waals surface area contributed by atoms with Crippen molar-refractivity contribution >= 4 is 22.6 Å². The predicted octanol–water partition coefficient (Wildman–Crippen LogP) is 2.56. The number of ether oxygens (including phenoxy) is 1. The van der Waals surface area contributed by atoms with Gasteiger partial charge in [-0.1, -0.05) is 0 Å². The topological polar surface area (TPSA) is 27.1 Å². The van der Waals surface area contributed by atoms with Crippen LogP contribution < -0.4 is 4.74 Å². The smallest absolute Gasteiger partial charge is 0.226 e. The fourth-order valence-electron chi connectivity index (χ4n) is 1.12. The molecule has 1 heterocycles. The molecule has 0 saturated carbocycles. The minimum absolute atomic E-state index is 0.0282. The Labute approximate surface area is 92.6 Å². The van der Waals surface area contributed by atoms with Gasteiger partial charge in [-0.25, -0.2) is 4.68 Å². The van der Waals surface area contributed by atoms with E-state index in [0.717, 1.165) is 15.1 Å². The van der Waals surface area contributed by atoms with Gasteiger partial charge in [0, 0.05) is 0 Å². The van der Waals surface area contributed by atoms with Crippen LogP contribution in [-0.2, 0) is 5.54 Å². The van der Waals surface area contributed by atoms with Gasteiger partial charge in [0.2, 0.25) is 5.88 Å². The first-order chi connectivity index (χ1) is 5.88. The molecule has 0 unspecified atom stereocenters. The number of aromatic nitrogens is 2. The first kappa shape index (κ1) is 10.8. The average Bonchev–Trinajstić information content (AvgIpc) is 2.28. The molecule has 0 amide bonds. The van der Waals surface area contributed by atoms with Crippen molar-refractivity contribution in [2.75, 3.05) is 7.11 Å². The molecule has 0 aliphatic carbocycles. The summed E-state index contributed by atoms with van der Waals surface area (Å²) in [6.07, 6.45) is 0. The maximum Gasteiger partial charge on any atom is 0.226 e. The van der Waals surface area contributed by atoms with Gasteiger partial charge in [0.05, 0.1) is 21.9 Å². The predicted molar refractivity (Wildman–Crippen MR) is 61.2 cm³/mol. The van der Waals surface area contributed by atoms with Crippen molar-refractivity contribution in [3.8, 4) is 5.88 Å². The molecule has 13 heavy (non-hydrogen) atoms. The zero-order chi connectivity index (χ0) is 10.2. The van der Waals surface area contributed by atoms with Gasteiger partial charge in [0.1, 0.15) is 0 Å². The third-order valence-corrected chi connectivity index (χ3v) is 3.02. The summed E-state index contributed by atoms with van der Waals surface area (Å²) in [4.78, 5) is 0. The van der Waals surface area contributed by atoms with Crippen LogP contribution in [0.2, 0.25) is 0 Å². The Bertz CT molecular complexity index is 312. The van der Waals surface area contributed by atoms with Gasteiger partial charge < -0.3 is 4.74 Å². The van der Waals surface area contributed by atoms with Gasteiger partial charge in [-0.2, -0.15) is 5.10 Å². The summed E-state index contributed by atoms with van der Waals surface area (Å²) >= 11 is 2.26. The molecule has 1 aromatic heterocycles. The Morgan fingerprint density at radius 1 is 1.38 bits per heavy atom. The second kappa shape index (κ2) is 3.48. The number of halogens is 1. The average molecular weight is 294 g/mol. The molecular weight excluding hydrogens is 279 g/mol. The summed E-state index contributed by atoms with van der Waals surface area (Å²) in [7, 11) is 1.68. The van der Waals surface area contributed by atoms with Crippen LogP contribution in [0.5, 0.6) is 5.88 Å². The minimum atomic E-state index is -0.0282. The summed E-state index contributed by atoms with van der Waals surface area (Å²) in [5, 5.41) is 4.44. The molecule has 0 fully saturated rings. The van der Waals surface area contributed by atoms with Crippen molar-refractivity contribution < 1.29 is 4.74 Å². The Morgan fingerprint density at radius 3 is 2.23 bits per heavy atom. The molecule has 0 bridgehead atoms. The van der Waals surface area contributed by atoms with E-state index in [1.165, 1.54) is 0 Å². The summed E-state index contributed by atoms with van der Waals surface area (Å²) in [6, 6.07) is 0. The van der Waals surface area contributed by atoms with Gasteiger partial charge in [0.15, 0.2) is 0 Å². The lowest BCUT2D eigenvalue weighted by Crippen LogP contribution is -2.23. The van der Waals surface area contributed by atoms with Crippen LogP contribution in [0.25, 0.3) is 0 Å². The molecule has 0 spiro atoms. The fourth-order valence-corrected chi connectivity index (χ4v) is 1.67. The van der Waals surface area contributed by atoms with E-state index in [1.54, 1.807) is 7.11 Å². The zero-order valence-electron chi connectivity index (χ0n) is 8.68. The van der Waals surface area contributed by atoms with Crippen molar-refractivity contribution in [1.29, 1.82) is 0 Å². The van der Waals surface area contributed by atoms with E-state index in [-0.39, 0.29) is 5.54 Å². The highest BCUT2D eigenvalue weighted by Gasteiger charge is 2.22. The first-order valence-corrected chi connectivity index (χ1v) is 5.25. The van der Waals surface area contributed by atoms with Gasteiger partial charge >= 0.3 is 0 Å². The highest BCUT2D eigenvalue weighted by Crippen LogP contribution is 2.29. The van der Waals surface area contributed by atoms with Crippen molar-refractivity contribution in [1.82, 2.24) is 9.78 Å². The third-order valence-electron chi connectivity index (χ3n) is 1.78. The number of hydrogen-bond donors (Lipinski definition) is 0. The number of hydrogen-bond acceptors (Lipinski definition) is 2. The van der Waals surface area contributed by atoms with Crippen LogP contribution >= 0.6 is 22.6 Å². The molecule has 4 heteroatoms. The number of aryl methyl sites for hydroxylation is 1. The minimum Gasteiger partial charge on any atom is -0.480 e. The summed E-state index contributed by atoms with van der Waals surface area (Å²) in [6.45, 7) is 8.32. The van der Waals surface area contributed by atoms with Crippen LogP contribution in [0.1, 0.15) is 26.5 Å². The lowest BCUT2D eigenvalue weighted by molar-refractivity contribution is 0.280. The molecule has 0 saturated heterocycles. The van der Waals surface area contributed by atoms with E-state index in [2.05, 4.69) is 48.5 Å². The molecule has 0 atom stereocenters. The van der Waals surface area contributed by atoms with E-state index in [4.69, 9.17) is 4.74 Å². The van der Waals surface area contributed by atoms with Crippen molar-refractivity contribution in [3.05, 3.63) is 9.26 Å². The van der Waals surface area contributed by atoms with E-state index in [1.807, 2.05) is 11.6 Å². The number of methoxy groups -OCH3 is 1. The fraction of sp³-hybridized carbons (Fsp3) is 0.667. The maximum atomic E-state index is 5.32. The Balaban J connectivity index is 3.30. The highest BCUT2D eigenvalue weighted by atomic mass is 127. The molecule has 0 aromatic carbocycles. The zero-order valence-corrected chi connectivity index (χ0v) is 10.8. The normalized spacial score (nSPS) is 11.8. The molecule has 74 valence electrons. The van der Waals surface area contributed by atoms with Crippen LogP contribution in [0.15, 0.2) is 0 Å². The van der Waals surface area contributed by atoms with Crippen molar-refractivity contribution in [2.24, 2.45) is 0 Å². The van der Waals surface area contributed by atoms with Crippen LogP contribution in [0.4, 0.5) is 0 Å². The van der Waals surface area contributed by atoms with Crippen molar-refractivity contribution in [2.45, 2.75) is 33.2 Å². The molecule has 0 radical (unpaired) electrons. The monoisotopic (exact) mass is 294 g/mol. The first-order valence-electron chi connectivity index (χ1n) is 4.17. The summed E-state index contributed by atoms with van der Waals surface area (Å²) in [5.41, 5.74) is 0.992. The quantitative estimate of drug-likeness (QED) is 0.744. The van der Waals surface area contributed by atoms with Gasteiger partial charge in [-0.05, 0) is 50.3 Å². The molecular formula is C9H15IN2O. The molecule has 0 aliphatic rings. The molecule has 1 rings (SSSR count). The van der Waals surface area contributed by atoms with Gasteiger partial charge in [-0.3, -0.25) is 0 Å². The molecule has 0 aliphatic heterocycles. The third kappa shape index (κ3) is 1.98. The second-order valence-electron chi connectivity index (χ2n) is 3.99. The summed E-state index contributed by atoms with van der Waals surface area (Å²) < 4.78 is 8.33.